The molecule has 2 N–H and O–H groups in total. The highest BCUT2D eigenvalue weighted by atomic mass is 32.2. The van der Waals surface area contributed by atoms with Crippen LogP contribution in [0.1, 0.15) is 15.9 Å². The Morgan fingerprint density at radius 3 is 2.52 bits per heavy atom. The molecule has 0 spiro atoms. The Morgan fingerprint density at radius 1 is 1.13 bits per heavy atom. The highest BCUT2D eigenvalue weighted by Gasteiger charge is 2.18. The molecule has 23 heavy (non-hydrogen) atoms. The Labute approximate surface area is 140 Å². The molecule has 0 aromatic heterocycles. The largest absolute Gasteiger partial charge is 0.355 e. The fourth-order valence-corrected chi connectivity index (χ4v) is 3.58. The molecule has 0 radical (unpaired) electrons. The van der Waals surface area contributed by atoms with Crippen molar-refractivity contribution in [2.75, 3.05) is 18.0 Å². The Hall–Kier alpha value is -1.99. The van der Waals surface area contributed by atoms with Crippen LogP contribution in [0.4, 0.5) is 5.69 Å². The summed E-state index contributed by atoms with van der Waals surface area (Å²) in [5.74, 6) is -0.316. The van der Waals surface area contributed by atoms with Gasteiger partial charge < -0.3 is 5.32 Å². The molecule has 1 amide bonds. The summed E-state index contributed by atoms with van der Waals surface area (Å²) in [4.78, 5) is 12.8. The van der Waals surface area contributed by atoms with Gasteiger partial charge >= 0.3 is 0 Å². The number of sulfonamides is 1. The van der Waals surface area contributed by atoms with Crippen LogP contribution >= 0.6 is 11.8 Å². The summed E-state index contributed by atoms with van der Waals surface area (Å²) in [6.45, 7) is 1.76. The summed E-state index contributed by atoms with van der Waals surface area (Å²) in [6, 6.07) is 11.6. The Balaban J connectivity index is 2.37. The van der Waals surface area contributed by atoms with E-state index < -0.39 is 10.0 Å². The van der Waals surface area contributed by atoms with E-state index in [1.807, 2.05) is 12.3 Å². The lowest BCUT2D eigenvalue weighted by Crippen LogP contribution is -2.20. The molecular formula is C16H18N2O3S2. The maximum Gasteiger partial charge on any atom is 0.261 e. The molecule has 0 aliphatic carbocycles. The quantitative estimate of drug-likeness (QED) is 0.813. The minimum atomic E-state index is -3.76. The number of thioether (sulfide) groups is 1. The SMILES string of the molecule is CNC(=O)c1cc(S(=O)(=O)Nc2cccc(SC)c2)ccc1C. The molecule has 5 nitrogen and oxygen atoms in total. The van der Waals surface area contributed by atoms with E-state index in [2.05, 4.69) is 10.0 Å². The third-order valence-corrected chi connectivity index (χ3v) is 5.42. The van der Waals surface area contributed by atoms with Crippen LogP contribution in [0.25, 0.3) is 0 Å². The van der Waals surface area contributed by atoms with Crippen molar-refractivity contribution in [3.05, 3.63) is 53.6 Å². The molecule has 0 fully saturated rings. The second kappa shape index (κ2) is 7.06. The molecule has 0 unspecified atom stereocenters. The number of hydrogen-bond acceptors (Lipinski definition) is 4. The highest BCUT2D eigenvalue weighted by molar-refractivity contribution is 7.98. The minimum Gasteiger partial charge on any atom is -0.355 e. The number of carbonyl (C=O) groups excluding carboxylic acids is 1. The van der Waals surface area contributed by atoms with Crippen molar-refractivity contribution in [2.24, 2.45) is 0 Å². The van der Waals surface area contributed by atoms with Crippen molar-refractivity contribution in [3.8, 4) is 0 Å². The topological polar surface area (TPSA) is 75.3 Å². The van der Waals surface area contributed by atoms with E-state index in [0.29, 0.717) is 16.8 Å². The normalized spacial score (nSPS) is 11.1. The van der Waals surface area contributed by atoms with E-state index in [9.17, 15) is 13.2 Å². The Bertz CT molecular complexity index is 833. The number of carbonyl (C=O) groups is 1. The van der Waals surface area contributed by atoms with Crippen LogP contribution in [0.2, 0.25) is 0 Å². The Morgan fingerprint density at radius 2 is 1.87 bits per heavy atom. The summed E-state index contributed by atoms with van der Waals surface area (Å²) >= 11 is 1.53. The zero-order chi connectivity index (χ0) is 17.0. The second-order valence-electron chi connectivity index (χ2n) is 4.89. The lowest BCUT2D eigenvalue weighted by atomic mass is 10.1. The van der Waals surface area contributed by atoms with Crippen LogP contribution in [-0.4, -0.2) is 27.6 Å². The first kappa shape index (κ1) is 17.4. The molecule has 2 aromatic carbocycles. The molecule has 0 aliphatic heterocycles. The fraction of sp³-hybridized carbons (Fsp3) is 0.188. The van der Waals surface area contributed by atoms with Crippen molar-refractivity contribution in [3.63, 3.8) is 0 Å². The van der Waals surface area contributed by atoms with E-state index in [1.165, 1.54) is 30.9 Å². The van der Waals surface area contributed by atoms with E-state index in [1.54, 1.807) is 31.2 Å². The smallest absolute Gasteiger partial charge is 0.261 e. The monoisotopic (exact) mass is 350 g/mol. The molecule has 0 saturated heterocycles. The van der Waals surface area contributed by atoms with Crippen LogP contribution in [0.15, 0.2) is 52.3 Å². The van der Waals surface area contributed by atoms with Crippen molar-refractivity contribution in [1.82, 2.24) is 5.32 Å². The third-order valence-electron chi connectivity index (χ3n) is 3.31. The lowest BCUT2D eigenvalue weighted by Gasteiger charge is -2.11. The van der Waals surface area contributed by atoms with Crippen LogP contribution in [0.5, 0.6) is 0 Å². The summed E-state index contributed by atoms with van der Waals surface area (Å²) in [5, 5.41) is 2.51. The van der Waals surface area contributed by atoms with Crippen LogP contribution in [0.3, 0.4) is 0 Å². The summed E-state index contributed by atoms with van der Waals surface area (Å²) in [7, 11) is -2.25. The van der Waals surface area contributed by atoms with Gasteiger partial charge in [-0.2, -0.15) is 0 Å². The number of amides is 1. The molecule has 0 bridgehead atoms. The zero-order valence-electron chi connectivity index (χ0n) is 13.1. The van der Waals surface area contributed by atoms with Gasteiger partial charge in [-0.05, 0) is 49.1 Å². The van der Waals surface area contributed by atoms with E-state index in [4.69, 9.17) is 0 Å². The molecule has 7 heteroatoms. The molecule has 2 rings (SSSR count). The van der Waals surface area contributed by atoms with Gasteiger partial charge in [0.25, 0.3) is 15.9 Å². The van der Waals surface area contributed by atoms with Crippen LogP contribution < -0.4 is 10.0 Å². The average molecular weight is 350 g/mol. The molecule has 0 saturated carbocycles. The number of nitrogens with one attached hydrogen (secondary N) is 2. The van der Waals surface area contributed by atoms with Gasteiger partial charge in [0.2, 0.25) is 0 Å². The van der Waals surface area contributed by atoms with Gasteiger partial charge in [-0.15, -0.1) is 11.8 Å². The molecule has 2 aromatic rings. The van der Waals surface area contributed by atoms with Gasteiger partial charge in [0.05, 0.1) is 4.90 Å². The molecule has 122 valence electrons. The van der Waals surface area contributed by atoms with Crippen LogP contribution in [0, 0.1) is 6.92 Å². The average Bonchev–Trinajstić information content (AvgIpc) is 2.54. The van der Waals surface area contributed by atoms with E-state index in [0.717, 1.165) is 4.90 Å². The second-order valence-corrected chi connectivity index (χ2v) is 7.46. The van der Waals surface area contributed by atoms with Crippen molar-refractivity contribution < 1.29 is 13.2 Å². The first-order chi connectivity index (χ1) is 10.9. The maximum absolute atomic E-state index is 12.5. The summed E-state index contributed by atoms with van der Waals surface area (Å²) in [6.07, 6.45) is 1.92. The van der Waals surface area contributed by atoms with Gasteiger partial charge in [0, 0.05) is 23.2 Å². The van der Waals surface area contributed by atoms with Gasteiger partial charge in [-0.1, -0.05) is 12.1 Å². The first-order valence-electron chi connectivity index (χ1n) is 6.87. The van der Waals surface area contributed by atoms with Gasteiger partial charge in [-0.25, -0.2) is 8.42 Å². The zero-order valence-corrected chi connectivity index (χ0v) is 14.7. The summed E-state index contributed by atoms with van der Waals surface area (Å²) < 4.78 is 27.6. The van der Waals surface area contributed by atoms with E-state index >= 15 is 0 Å². The van der Waals surface area contributed by atoms with Gasteiger partial charge in [0.15, 0.2) is 0 Å². The number of rotatable bonds is 5. The van der Waals surface area contributed by atoms with Crippen LogP contribution in [-0.2, 0) is 10.0 Å². The van der Waals surface area contributed by atoms with E-state index in [-0.39, 0.29) is 10.8 Å². The molecule has 0 aliphatic rings. The molecular weight excluding hydrogens is 332 g/mol. The van der Waals surface area contributed by atoms with Gasteiger partial charge in [0.1, 0.15) is 0 Å². The number of benzene rings is 2. The predicted molar refractivity (Wildman–Crippen MR) is 93.6 cm³/mol. The van der Waals surface area contributed by atoms with Crippen molar-refractivity contribution in [1.29, 1.82) is 0 Å². The number of hydrogen-bond donors (Lipinski definition) is 2. The maximum atomic E-state index is 12.5. The summed E-state index contributed by atoms with van der Waals surface area (Å²) in [5.41, 5.74) is 1.54. The van der Waals surface area contributed by atoms with Gasteiger partial charge in [-0.3, -0.25) is 9.52 Å². The van der Waals surface area contributed by atoms with Crippen molar-refractivity contribution in [2.45, 2.75) is 16.7 Å². The predicted octanol–water partition coefficient (Wildman–Crippen LogP) is 2.88. The lowest BCUT2D eigenvalue weighted by molar-refractivity contribution is 0.0962. The third kappa shape index (κ3) is 4.05. The fourth-order valence-electron chi connectivity index (χ4n) is 2.05. The standard InChI is InChI=1S/C16H18N2O3S2/c1-11-7-8-14(10-15(11)16(19)17-2)23(20,21)18-12-5-4-6-13(9-12)22-3/h4-10,18H,1-3H3,(H,17,19). The Kier molecular flexibility index (Phi) is 5.33. The minimum absolute atomic E-state index is 0.0521. The highest BCUT2D eigenvalue weighted by Crippen LogP contribution is 2.23. The number of anilines is 1. The number of aryl methyl sites for hydroxylation is 1. The molecule has 0 atom stereocenters. The molecule has 0 heterocycles. The first-order valence-corrected chi connectivity index (χ1v) is 9.58. The van der Waals surface area contributed by atoms with Crippen molar-refractivity contribution >= 4 is 33.4 Å².